The Morgan fingerprint density at radius 2 is 1.91 bits per heavy atom. The van der Waals surface area contributed by atoms with E-state index < -0.39 is 0 Å². The molecule has 1 N–H and O–H groups in total. The van der Waals surface area contributed by atoms with Crippen LogP contribution in [0.3, 0.4) is 0 Å². The standard InChI is InChI=1S/C16H14BrFN2O2/c1-10(11-3-6-13(18)7-4-11)19-20-16(21)14-9-12(17)5-8-15(14)22-2/h3-9H,1-2H3,(H,20,21). The highest BCUT2D eigenvalue weighted by molar-refractivity contribution is 9.10. The van der Waals surface area contributed by atoms with E-state index in [1.165, 1.54) is 19.2 Å². The molecular formula is C16H14BrFN2O2. The molecule has 0 atom stereocenters. The van der Waals surface area contributed by atoms with E-state index >= 15 is 0 Å². The zero-order chi connectivity index (χ0) is 16.1. The summed E-state index contributed by atoms with van der Waals surface area (Å²) in [5, 5.41) is 4.03. The summed E-state index contributed by atoms with van der Waals surface area (Å²) in [7, 11) is 1.49. The van der Waals surface area contributed by atoms with Crippen LogP contribution in [-0.2, 0) is 0 Å². The lowest BCUT2D eigenvalue weighted by Gasteiger charge is -2.08. The molecule has 0 bridgehead atoms. The van der Waals surface area contributed by atoms with Gasteiger partial charge in [0.25, 0.3) is 5.91 Å². The lowest BCUT2D eigenvalue weighted by Crippen LogP contribution is -2.20. The largest absolute Gasteiger partial charge is 0.496 e. The third-order valence-corrected chi connectivity index (χ3v) is 3.49. The smallest absolute Gasteiger partial charge is 0.275 e. The number of ether oxygens (including phenoxy) is 1. The van der Waals surface area contributed by atoms with E-state index in [1.54, 1.807) is 37.3 Å². The average Bonchev–Trinajstić information content (AvgIpc) is 2.53. The van der Waals surface area contributed by atoms with Crippen LogP contribution in [0.4, 0.5) is 4.39 Å². The lowest BCUT2D eigenvalue weighted by molar-refractivity contribution is 0.0951. The minimum Gasteiger partial charge on any atom is -0.496 e. The maximum atomic E-state index is 12.9. The summed E-state index contributed by atoms with van der Waals surface area (Å²) in [6, 6.07) is 11.0. The number of benzene rings is 2. The lowest BCUT2D eigenvalue weighted by atomic mass is 10.1. The summed E-state index contributed by atoms with van der Waals surface area (Å²) in [4.78, 5) is 12.2. The van der Waals surface area contributed by atoms with Gasteiger partial charge < -0.3 is 4.74 Å². The number of amides is 1. The normalized spacial score (nSPS) is 11.2. The van der Waals surface area contributed by atoms with Crippen molar-refractivity contribution in [2.24, 2.45) is 5.10 Å². The van der Waals surface area contributed by atoms with Crippen LogP contribution in [0.15, 0.2) is 52.0 Å². The summed E-state index contributed by atoms with van der Waals surface area (Å²) in [6.45, 7) is 1.73. The van der Waals surface area contributed by atoms with Crippen molar-refractivity contribution in [3.05, 3.63) is 63.9 Å². The first-order valence-electron chi connectivity index (χ1n) is 6.45. The van der Waals surface area contributed by atoms with E-state index in [0.717, 1.165) is 10.0 Å². The molecular weight excluding hydrogens is 351 g/mol. The number of carbonyl (C=O) groups is 1. The van der Waals surface area contributed by atoms with Gasteiger partial charge >= 0.3 is 0 Å². The van der Waals surface area contributed by atoms with Crippen LogP contribution in [-0.4, -0.2) is 18.7 Å². The number of hydrogen-bond acceptors (Lipinski definition) is 3. The van der Waals surface area contributed by atoms with E-state index in [1.807, 2.05) is 0 Å². The summed E-state index contributed by atoms with van der Waals surface area (Å²) in [6.07, 6.45) is 0. The number of halogens is 2. The van der Waals surface area contributed by atoms with Crippen molar-refractivity contribution in [2.75, 3.05) is 7.11 Å². The molecule has 2 aromatic carbocycles. The Hall–Kier alpha value is -2.21. The Balaban J connectivity index is 2.17. The first kappa shape index (κ1) is 16.2. The molecule has 0 aromatic heterocycles. The van der Waals surface area contributed by atoms with Crippen molar-refractivity contribution in [3.8, 4) is 5.75 Å². The van der Waals surface area contributed by atoms with Crippen molar-refractivity contribution in [1.82, 2.24) is 5.43 Å². The molecule has 1 amide bonds. The van der Waals surface area contributed by atoms with E-state index in [0.29, 0.717) is 17.0 Å². The Bertz CT molecular complexity index is 715. The van der Waals surface area contributed by atoms with Crippen molar-refractivity contribution in [2.45, 2.75) is 6.92 Å². The minimum atomic E-state index is -0.389. The molecule has 0 heterocycles. The fourth-order valence-electron chi connectivity index (χ4n) is 1.81. The van der Waals surface area contributed by atoms with Gasteiger partial charge in [0.1, 0.15) is 11.6 Å². The average molecular weight is 365 g/mol. The van der Waals surface area contributed by atoms with E-state index in [-0.39, 0.29) is 11.7 Å². The highest BCUT2D eigenvalue weighted by atomic mass is 79.9. The molecule has 0 spiro atoms. The molecule has 0 radical (unpaired) electrons. The van der Waals surface area contributed by atoms with Gasteiger partial charge in [-0.05, 0) is 42.8 Å². The molecule has 22 heavy (non-hydrogen) atoms. The fraction of sp³-hybridized carbons (Fsp3) is 0.125. The maximum Gasteiger partial charge on any atom is 0.275 e. The summed E-state index contributed by atoms with van der Waals surface area (Å²) >= 11 is 3.31. The van der Waals surface area contributed by atoms with Crippen LogP contribution < -0.4 is 10.2 Å². The maximum absolute atomic E-state index is 12.9. The summed E-state index contributed by atoms with van der Waals surface area (Å²) < 4.78 is 18.8. The van der Waals surface area contributed by atoms with Crippen LogP contribution in [0.1, 0.15) is 22.8 Å². The molecule has 4 nitrogen and oxygen atoms in total. The van der Waals surface area contributed by atoms with Gasteiger partial charge in [0, 0.05) is 4.47 Å². The Kier molecular flexibility index (Phi) is 5.27. The number of methoxy groups -OCH3 is 1. The second-order valence-electron chi connectivity index (χ2n) is 4.49. The van der Waals surface area contributed by atoms with Crippen molar-refractivity contribution in [1.29, 1.82) is 0 Å². The van der Waals surface area contributed by atoms with Crippen molar-refractivity contribution < 1.29 is 13.9 Å². The predicted octanol–water partition coefficient (Wildman–Crippen LogP) is 3.75. The zero-order valence-corrected chi connectivity index (χ0v) is 13.6. The second-order valence-corrected chi connectivity index (χ2v) is 5.41. The third-order valence-electron chi connectivity index (χ3n) is 2.99. The second kappa shape index (κ2) is 7.17. The third kappa shape index (κ3) is 3.92. The summed E-state index contributed by atoms with van der Waals surface area (Å²) in [5.41, 5.74) is 4.13. The topological polar surface area (TPSA) is 50.7 Å². The fourth-order valence-corrected chi connectivity index (χ4v) is 2.17. The Morgan fingerprint density at radius 1 is 1.23 bits per heavy atom. The molecule has 0 fully saturated rings. The number of carbonyl (C=O) groups excluding carboxylic acids is 1. The first-order chi connectivity index (χ1) is 10.5. The molecule has 6 heteroatoms. The highest BCUT2D eigenvalue weighted by Gasteiger charge is 2.12. The van der Waals surface area contributed by atoms with Gasteiger partial charge in [-0.15, -0.1) is 0 Å². The summed E-state index contributed by atoms with van der Waals surface area (Å²) in [5.74, 6) is -0.255. The van der Waals surface area contributed by atoms with Crippen molar-refractivity contribution >= 4 is 27.5 Å². The van der Waals surface area contributed by atoms with Gasteiger partial charge in [-0.3, -0.25) is 4.79 Å². The van der Waals surface area contributed by atoms with E-state index in [9.17, 15) is 9.18 Å². The van der Waals surface area contributed by atoms with Gasteiger partial charge in [0.2, 0.25) is 0 Å². The van der Waals surface area contributed by atoms with Crippen LogP contribution in [0.2, 0.25) is 0 Å². The SMILES string of the molecule is COc1ccc(Br)cc1C(=O)NN=C(C)c1ccc(F)cc1. The van der Waals surface area contributed by atoms with Gasteiger partial charge in [0.15, 0.2) is 0 Å². The van der Waals surface area contributed by atoms with Crippen LogP contribution in [0.25, 0.3) is 0 Å². The number of rotatable bonds is 4. The van der Waals surface area contributed by atoms with Gasteiger partial charge in [-0.1, -0.05) is 28.1 Å². The molecule has 2 rings (SSSR count). The predicted molar refractivity (Wildman–Crippen MR) is 86.8 cm³/mol. The first-order valence-corrected chi connectivity index (χ1v) is 7.24. The molecule has 114 valence electrons. The minimum absolute atomic E-state index is 0.320. The van der Waals surface area contributed by atoms with Crippen LogP contribution >= 0.6 is 15.9 Å². The van der Waals surface area contributed by atoms with Gasteiger partial charge in [-0.2, -0.15) is 5.10 Å². The quantitative estimate of drug-likeness (QED) is 0.663. The number of nitrogens with one attached hydrogen (secondary N) is 1. The molecule has 0 unspecified atom stereocenters. The highest BCUT2D eigenvalue weighted by Crippen LogP contribution is 2.22. The monoisotopic (exact) mass is 364 g/mol. The Labute approximate surface area is 136 Å². The zero-order valence-electron chi connectivity index (χ0n) is 12.1. The van der Waals surface area contributed by atoms with Gasteiger partial charge in [0.05, 0.1) is 18.4 Å². The molecule has 0 aliphatic rings. The van der Waals surface area contributed by atoms with E-state index in [4.69, 9.17) is 4.74 Å². The van der Waals surface area contributed by atoms with Gasteiger partial charge in [-0.25, -0.2) is 9.82 Å². The van der Waals surface area contributed by atoms with E-state index in [2.05, 4.69) is 26.5 Å². The number of hydrogen-bond donors (Lipinski definition) is 1. The molecule has 0 aliphatic carbocycles. The van der Waals surface area contributed by atoms with Crippen LogP contribution in [0.5, 0.6) is 5.75 Å². The number of nitrogens with zero attached hydrogens (tertiary/aromatic N) is 1. The Morgan fingerprint density at radius 3 is 2.55 bits per heavy atom. The van der Waals surface area contributed by atoms with Crippen molar-refractivity contribution in [3.63, 3.8) is 0 Å². The number of hydrazone groups is 1. The molecule has 2 aromatic rings. The molecule has 0 saturated carbocycles. The molecule has 0 aliphatic heterocycles. The molecule has 0 saturated heterocycles. The van der Waals surface area contributed by atoms with Crippen LogP contribution in [0, 0.1) is 5.82 Å².